The fourth-order valence-electron chi connectivity index (χ4n) is 5.47. The van der Waals surface area contributed by atoms with Crippen LogP contribution in [0.25, 0.3) is 27.6 Å². The van der Waals surface area contributed by atoms with E-state index in [1.165, 1.54) is 0 Å². The Hall–Kier alpha value is -3.74. The van der Waals surface area contributed by atoms with Gasteiger partial charge in [-0.15, -0.1) is 0 Å². The van der Waals surface area contributed by atoms with Gasteiger partial charge in [-0.05, 0) is 50.9 Å². The smallest absolute Gasteiger partial charge is 0.320 e. The fourth-order valence-corrected chi connectivity index (χ4v) is 5.47. The Bertz CT molecular complexity index is 1290. The molecule has 1 aromatic carbocycles. The number of nitriles is 1. The van der Waals surface area contributed by atoms with Gasteiger partial charge in [0.05, 0.1) is 22.9 Å². The molecule has 1 saturated carbocycles. The van der Waals surface area contributed by atoms with Gasteiger partial charge in [0.15, 0.2) is 5.54 Å². The Morgan fingerprint density at radius 2 is 1.97 bits per heavy atom. The van der Waals surface area contributed by atoms with Crippen LogP contribution < -0.4 is 17.2 Å². The minimum Gasteiger partial charge on any atom is -0.460 e. The van der Waals surface area contributed by atoms with Crippen molar-refractivity contribution in [3.63, 3.8) is 0 Å². The molecule has 2 aliphatic rings. The van der Waals surface area contributed by atoms with E-state index in [0.29, 0.717) is 11.3 Å². The van der Waals surface area contributed by atoms with E-state index < -0.39 is 40.1 Å². The van der Waals surface area contributed by atoms with Gasteiger partial charge in [-0.3, -0.25) is 9.78 Å². The van der Waals surface area contributed by atoms with E-state index in [0.717, 1.165) is 11.1 Å². The summed E-state index contributed by atoms with van der Waals surface area (Å²) in [5, 5.41) is 13.3. The lowest BCUT2D eigenvalue weighted by atomic mass is 9.49. The second-order valence-corrected chi connectivity index (χ2v) is 9.87. The van der Waals surface area contributed by atoms with Crippen LogP contribution in [0.5, 0.6) is 0 Å². The third-order valence-electron chi connectivity index (χ3n) is 7.84. The molecule has 1 aromatic heterocycles. The molecule has 35 heavy (non-hydrogen) atoms. The van der Waals surface area contributed by atoms with Crippen LogP contribution >= 0.6 is 0 Å². The van der Waals surface area contributed by atoms with E-state index >= 15 is 0 Å². The Morgan fingerprint density at radius 3 is 2.60 bits per heavy atom. The molecular weight excluding hydrogens is 444 g/mol. The molecule has 1 saturated heterocycles. The molecule has 2 heterocycles. The third kappa shape index (κ3) is 3.40. The molecule has 180 valence electrons. The molecule has 0 amide bonds. The highest BCUT2D eigenvalue weighted by Gasteiger charge is 2.75. The molecule has 1 aliphatic heterocycles. The summed E-state index contributed by atoms with van der Waals surface area (Å²) in [6.07, 6.45) is 4.38. The molecule has 6 atom stereocenters. The maximum atomic E-state index is 13.0. The van der Waals surface area contributed by atoms with Crippen molar-refractivity contribution in [1.29, 1.82) is 5.26 Å². The number of esters is 1. The van der Waals surface area contributed by atoms with Gasteiger partial charge in [0.2, 0.25) is 0 Å². The molecule has 1 aliphatic carbocycles. The number of pyridine rings is 1. The number of ether oxygens (including phenoxy) is 1. The highest BCUT2D eigenvalue weighted by atomic mass is 16.6. The second-order valence-electron chi connectivity index (χ2n) is 9.87. The van der Waals surface area contributed by atoms with Gasteiger partial charge < -0.3 is 21.9 Å². The summed E-state index contributed by atoms with van der Waals surface area (Å²) >= 11 is 0. The molecule has 0 bridgehead atoms. The van der Waals surface area contributed by atoms with Crippen LogP contribution in [0.2, 0.25) is 0 Å². The van der Waals surface area contributed by atoms with Crippen LogP contribution in [0.4, 0.5) is 0 Å². The van der Waals surface area contributed by atoms with Crippen LogP contribution in [-0.2, 0) is 9.53 Å². The number of nitrogens with two attached hydrogens (primary N) is 3. The highest BCUT2D eigenvalue weighted by Crippen LogP contribution is 2.56. The zero-order chi connectivity index (χ0) is 25.6. The Kier molecular flexibility index (Phi) is 5.70. The third-order valence-corrected chi connectivity index (χ3v) is 7.84. The number of rotatable bonds is 4. The predicted molar refractivity (Wildman–Crippen MR) is 131 cm³/mol. The maximum absolute atomic E-state index is 13.0. The Balaban J connectivity index is 1.76. The van der Waals surface area contributed by atoms with E-state index in [-0.39, 0.29) is 6.42 Å². The molecule has 0 unspecified atom stereocenters. The van der Waals surface area contributed by atoms with Crippen molar-refractivity contribution < 1.29 is 9.53 Å². The lowest BCUT2D eigenvalue weighted by Crippen LogP contribution is -2.83. The van der Waals surface area contributed by atoms with Crippen molar-refractivity contribution in [3.05, 3.63) is 70.4 Å². The molecule has 2 aromatic rings. The summed E-state index contributed by atoms with van der Waals surface area (Å²) in [6.45, 7) is 5.17. The van der Waals surface area contributed by atoms with E-state index in [4.69, 9.17) is 21.9 Å². The first-order valence-electron chi connectivity index (χ1n) is 11.2. The maximum Gasteiger partial charge on any atom is 0.320 e. The lowest BCUT2D eigenvalue weighted by molar-refractivity contribution is -0.145. The normalized spacial score (nSPS) is 36.2. The van der Waals surface area contributed by atoms with Gasteiger partial charge >= 0.3 is 5.97 Å². The number of hydrogen-bond acceptors (Lipinski definition) is 8. The monoisotopic (exact) mass is 472 g/mol. The summed E-state index contributed by atoms with van der Waals surface area (Å²) in [5.41, 5.74) is 27.1. The molecular formula is C25H28N8O2. The predicted octanol–water partition coefficient (Wildman–Crippen LogP) is 2.78. The van der Waals surface area contributed by atoms with Gasteiger partial charge in [0, 0.05) is 39.2 Å². The van der Waals surface area contributed by atoms with Crippen LogP contribution in [0, 0.1) is 17.2 Å². The average molecular weight is 473 g/mol. The second kappa shape index (κ2) is 8.18. The zero-order valence-electron chi connectivity index (χ0n) is 19.8. The van der Waals surface area contributed by atoms with Gasteiger partial charge in [-0.1, -0.05) is 35.5 Å². The van der Waals surface area contributed by atoms with Crippen LogP contribution in [0.15, 0.2) is 53.8 Å². The minimum absolute atomic E-state index is 0.0493. The molecule has 2 fully saturated rings. The largest absolute Gasteiger partial charge is 0.460 e. The van der Waals surface area contributed by atoms with Crippen molar-refractivity contribution in [2.24, 2.45) is 28.2 Å². The summed E-state index contributed by atoms with van der Waals surface area (Å²) in [6, 6.07) is 13.1. The average Bonchev–Trinajstić information content (AvgIpc) is 2.99. The lowest BCUT2D eigenvalue weighted by Gasteiger charge is -2.60. The first-order chi connectivity index (χ1) is 16.4. The minimum atomic E-state index is -1.70. The summed E-state index contributed by atoms with van der Waals surface area (Å²) in [7, 11) is 0. The van der Waals surface area contributed by atoms with Crippen molar-refractivity contribution in [2.45, 2.75) is 55.5 Å². The molecule has 6 N–H and O–H groups in total. The van der Waals surface area contributed by atoms with E-state index in [2.05, 4.69) is 21.1 Å². The number of carbonyl (C=O) groups is 1. The van der Waals surface area contributed by atoms with Crippen LogP contribution in [0.3, 0.4) is 0 Å². The number of carbonyl (C=O) groups excluding carboxylic acids is 1. The van der Waals surface area contributed by atoms with Gasteiger partial charge in [0.1, 0.15) is 6.10 Å². The Morgan fingerprint density at radius 1 is 1.26 bits per heavy atom. The summed E-state index contributed by atoms with van der Waals surface area (Å²) in [4.78, 5) is 20.4. The van der Waals surface area contributed by atoms with E-state index in [1.54, 1.807) is 45.2 Å². The number of benzene rings is 1. The standard InChI is InChI=1S/C25H28N8O2/c1-15-25(29)20(23(3,28)22(2,27)14-24(25,32-33-30)21(34)35-15)11-10-18-9-8-17(13-31-18)19-7-5-4-6-16(19)12-26/h4-11,13,15,20H,14,27-29H2,1-3H3/b11-10+/t15-,20+,22-,23-,24-,25-/m1/s1. The Labute approximate surface area is 203 Å². The number of azide groups is 1. The topological polar surface area (TPSA) is 190 Å². The van der Waals surface area contributed by atoms with E-state index in [9.17, 15) is 15.6 Å². The molecule has 10 nitrogen and oxygen atoms in total. The fraction of sp³-hybridized carbons (Fsp3) is 0.400. The van der Waals surface area contributed by atoms with Crippen molar-refractivity contribution >= 4 is 12.0 Å². The number of nitrogens with zero attached hydrogens (tertiary/aromatic N) is 5. The highest BCUT2D eigenvalue weighted by molar-refractivity contribution is 5.87. The van der Waals surface area contributed by atoms with Gasteiger partial charge in [0.25, 0.3) is 0 Å². The van der Waals surface area contributed by atoms with Gasteiger partial charge in [-0.2, -0.15) is 5.26 Å². The number of cyclic esters (lactones) is 1. The molecule has 0 spiro atoms. The molecule has 4 rings (SSSR count). The van der Waals surface area contributed by atoms with E-state index in [1.807, 2.05) is 30.3 Å². The van der Waals surface area contributed by atoms with Crippen LogP contribution in [0.1, 0.15) is 38.4 Å². The molecule has 0 radical (unpaired) electrons. The first kappa shape index (κ1) is 24.4. The van der Waals surface area contributed by atoms with Crippen molar-refractivity contribution in [3.8, 4) is 17.2 Å². The van der Waals surface area contributed by atoms with Crippen LogP contribution in [-0.4, -0.2) is 39.2 Å². The van der Waals surface area contributed by atoms with Crippen molar-refractivity contribution in [1.82, 2.24) is 4.98 Å². The number of aromatic nitrogens is 1. The number of fused-ring (bicyclic) bond motifs is 1. The quantitative estimate of drug-likeness (QED) is 0.264. The number of hydrogen-bond donors (Lipinski definition) is 3. The first-order valence-corrected chi connectivity index (χ1v) is 11.2. The summed E-state index contributed by atoms with van der Waals surface area (Å²) < 4.78 is 5.51. The van der Waals surface area contributed by atoms with Crippen molar-refractivity contribution in [2.75, 3.05) is 0 Å². The SMILES string of the molecule is C[C@H]1OC(=O)[C@]2(N=[N+]=[N-])C[C@@](C)(N)[C@](C)(N)[C@H](/C=C/c3ccc(-c4ccccc4C#N)cn3)[C@]12N. The van der Waals surface area contributed by atoms with Gasteiger partial charge in [-0.25, -0.2) is 0 Å². The zero-order valence-corrected chi connectivity index (χ0v) is 19.8. The molecule has 10 heteroatoms. The summed E-state index contributed by atoms with van der Waals surface area (Å²) in [5.74, 6) is -1.40.